The number of phenolic OH excluding ortho intramolecular Hbond substituents is 1. The molecule has 0 spiro atoms. The van der Waals surface area contributed by atoms with Gasteiger partial charge in [0, 0.05) is 18.7 Å². The highest BCUT2D eigenvalue weighted by molar-refractivity contribution is 5.98. The Bertz CT molecular complexity index is 830. The number of carbonyl (C=O) groups excluding carboxylic acids is 1. The molecule has 0 saturated heterocycles. The van der Waals surface area contributed by atoms with Gasteiger partial charge in [0.2, 0.25) is 0 Å². The SMILES string of the molecule is O=C1c2cc(O)ccc2CN1C[C@H]1CC[C@H](COc2ccccc2F)CC1. The fourth-order valence-electron chi connectivity index (χ4n) is 4.16. The predicted octanol–water partition coefficient (Wildman–Crippen LogP) is 4.37. The molecule has 4 rings (SSSR count). The summed E-state index contributed by atoms with van der Waals surface area (Å²) in [6.07, 6.45) is 4.18. The maximum Gasteiger partial charge on any atom is 0.254 e. The van der Waals surface area contributed by atoms with Crippen LogP contribution in [-0.4, -0.2) is 29.1 Å². The van der Waals surface area contributed by atoms with Crippen molar-refractivity contribution in [3.63, 3.8) is 0 Å². The summed E-state index contributed by atoms with van der Waals surface area (Å²) in [5, 5.41) is 9.59. The molecule has 1 amide bonds. The van der Waals surface area contributed by atoms with Crippen LogP contribution in [0.4, 0.5) is 4.39 Å². The number of aromatic hydroxyl groups is 1. The number of para-hydroxylation sites is 1. The van der Waals surface area contributed by atoms with E-state index in [0.717, 1.165) is 37.8 Å². The summed E-state index contributed by atoms with van der Waals surface area (Å²) in [7, 11) is 0. The molecular weight excluding hydrogens is 345 g/mol. The molecule has 1 aliphatic heterocycles. The van der Waals surface area contributed by atoms with Crippen LogP contribution in [0.25, 0.3) is 0 Å². The van der Waals surface area contributed by atoms with Crippen LogP contribution in [0, 0.1) is 17.7 Å². The van der Waals surface area contributed by atoms with Crippen LogP contribution in [0.1, 0.15) is 41.6 Å². The van der Waals surface area contributed by atoms with Crippen molar-refractivity contribution in [2.75, 3.05) is 13.2 Å². The van der Waals surface area contributed by atoms with Gasteiger partial charge in [0.1, 0.15) is 5.75 Å². The van der Waals surface area contributed by atoms with Crippen molar-refractivity contribution < 1.29 is 19.0 Å². The van der Waals surface area contributed by atoms with E-state index in [9.17, 15) is 14.3 Å². The van der Waals surface area contributed by atoms with E-state index in [0.29, 0.717) is 36.3 Å². The number of phenols is 1. The standard InChI is InChI=1S/C22H24FNO3/c23-20-3-1-2-4-21(20)27-14-16-7-5-15(6-8-16)12-24-13-17-9-10-18(25)11-19(17)22(24)26/h1-4,9-11,15-16,25H,5-8,12-14H2/t15-,16-. The first-order valence-electron chi connectivity index (χ1n) is 9.58. The molecule has 0 bridgehead atoms. The van der Waals surface area contributed by atoms with Crippen LogP contribution in [0.15, 0.2) is 42.5 Å². The Labute approximate surface area is 158 Å². The molecule has 2 aliphatic rings. The second-order valence-corrected chi connectivity index (χ2v) is 7.66. The third-order valence-corrected chi connectivity index (χ3v) is 5.73. The quantitative estimate of drug-likeness (QED) is 0.851. The Kier molecular flexibility index (Phi) is 5.01. The van der Waals surface area contributed by atoms with Gasteiger partial charge in [-0.05, 0) is 67.3 Å². The molecule has 27 heavy (non-hydrogen) atoms. The molecule has 5 heteroatoms. The number of hydrogen-bond acceptors (Lipinski definition) is 3. The number of ether oxygens (including phenoxy) is 1. The van der Waals surface area contributed by atoms with Crippen LogP contribution in [0.5, 0.6) is 11.5 Å². The molecule has 1 saturated carbocycles. The fourth-order valence-corrected chi connectivity index (χ4v) is 4.16. The van der Waals surface area contributed by atoms with Crippen molar-refractivity contribution >= 4 is 5.91 Å². The smallest absolute Gasteiger partial charge is 0.254 e. The number of fused-ring (bicyclic) bond motifs is 1. The number of hydrogen-bond donors (Lipinski definition) is 1. The Hall–Kier alpha value is -2.56. The normalized spacial score (nSPS) is 22.0. The molecule has 1 N–H and O–H groups in total. The first kappa shape index (κ1) is 17.8. The van der Waals surface area contributed by atoms with Crippen LogP contribution < -0.4 is 4.74 Å². The van der Waals surface area contributed by atoms with E-state index in [1.165, 1.54) is 6.07 Å². The maximum absolute atomic E-state index is 13.6. The van der Waals surface area contributed by atoms with Crippen molar-refractivity contribution in [3.8, 4) is 11.5 Å². The van der Waals surface area contributed by atoms with Crippen LogP contribution in [0.3, 0.4) is 0 Å². The summed E-state index contributed by atoms with van der Waals surface area (Å²) < 4.78 is 19.3. The minimum Gasteiger partial charge on any atom is -0.508 e. The zero-order chi connectivity index (χ0) is 18.8. The summed E-state index contributed by atoms with van der Waals surface area (Å²) in [5.41, 5.74) is 1.62. The number of rotatable bonds is 5. The number of amides is 1. The second kappa shape index (κ2) is 7.59. The van der Waals surface area contributed by atoms with Crippen molar-refractivity contribution in [2.24, 2.45) is 11.8 Å². The largest absolute Gasteiger partial charge is 0.508 e. The molecule has 1 heterocycles. The topological polar surface area (TPSA) is 49.8 Å². The molecule has 1 aliphatic carbocycles. The van der Waals surface area contributed by atoms with Gasteiger partial charge in [0.05, 0.1) is 6.61 Å². The van der Waals surface area contributed by atoms with Gasteiger partial charge in [-0.25, -0.2) is 4.39 Å². The lowest BCUT2D eigenvalue weighted by Crippen LogP contribution is -2.32. The van der Waals surface area contributed by atoms with E-state index >= 15 is 0 Å². The Morgan fingerprint density at radius 1 is 1.07 bits per heavy atom. The average molecular weight is 369 g/mol. The number of carbonyl (C=O) groups is 1. The van der Waals surface area contributed by atoms with E-state index in [1.54, 1.807) is 30.3 Å². The summed E-state index contributed by atoms with van der Waals surface area (Å²) >= 11 is 0. The lowest BCUT2D eigenvalue weighted by molar-refractivity contribution is 0.0720. The van der Waals surface area contributed by atoms with Gasteiger partial charge in [-0.3, -0.25) is 4.79 Å². The number of benzene rings is 2. The predicted molar refractivity (Wildman–Crippen MR) is 100 cm³/mol. The van der Waals surface area contributed by atoms with E-state index in [2.05, 4.69) is 0 Å². The Morgan fingerprint density at radius 3 is 2.59 bits per heavy atom. The molecule has 142 valence electrons. The van der Waals surface area contributed by atoms with Gasteiger partial charge >= 0.3 is 0 Å². The molecule has 0 aromatic heterocycles. The average Bonchev–Trinajstić information content (AvgIpc) is 2.98. The van der Waals surface area contributed by atoms with Crippen molar-refractivity contribution in [1.29, 1.82) is 0 Å². The van der Waals surface area contributed by atoms with Crippen molar-refractivity contribution in [3.05, 3.63) is 59.4 Å². The minimum absolute atomic E-state index is 0.0194. The fraction of sp³-hybridized carbons (Fsp3) is 0.409. The van der Waals surface area contributed by atoms with Crippen molar-refractivity contribution in [2.45, 2.75) is 32.2 Å². The summed E-state index contributed by atoms with van der Waals surface area (Å²) in [4.78, 5) is 14.4. The molecule has 2 aromatic carbocycles. The Balaban J connectivity index is 1.26. The lowest BCUT2D eigenvalue weighted by Gasteiger charge is -2.31. The van der Waals surface area contributed by atoms with Crippen LogP contribution >= 0.6 is 0 Å². The van der Waals surface area contributed by atoms with Crippen LogP contribution in [-0.2, 0) is 6.54 Å². The van der Waals surface area contributed by atoms with E-state index in [4.69, 9.17) is 4.74 Å². The van der Waals surface area contributed by atoms with Gasteiger partial charge in [-0.2, -0.15) is 0 Å². The molecule has 4 nitrogen and oxygen atoms in total. The third kappa shape index (κ3) is 3.92. The number of halogens is 1. The highest BCUT2D eigenvalue weighted by Crippen LogP contribution is 2.33. The summed E-state index contributed by atoms with van der Waals surface area (Å²) in [5.74, 6) is 1.09. The van der Waals surface area contributed by atoms with Gasteiger partial charge in [-0.1, -0.05) is 18.2 Å². The van der Waals surface area contributed by atoms with Gasteiger partial charge in [-0.15, -0.1) is 0 Å². The highest BCUT2D eigenvalue weighted by atomic mass is 19.1. The summed E-state index contributed by atoms with van der Waals surface area (Å²) in [6.45, 7) is 1.93. The molecule has 0 unspecified atom stereocenters. The molecular formula is C22H24FNO3. The molecule has 2 aromatic rings. The first-order valence-corrected chi connectivity index (χ1v) is 9.58. The zero-order valence-electron chi connectivity index (χ0n) is 15.2. The van der Waals surface area contributed by atoms with E-state index in [1.807, 2.05) is 11.0 Å². The Morgan fingerprint density at radius 2 is 1.81 bits per heavy atom. The monoisotopic (exact) mass is 369 g/mol. The van der Waals surface area contributed by atoms with Gasteiger partial charge in [0.15, 0.2) is 11.6 Å². The molecule has 1 fully saturated rings. The number of nitrogens with zero attached hydrogens (tertiary/aromatic N) is 1. The highest BCUT2D eigenvalue weighted by Gasteiger charge is 2.31. The second-order valence-electron chi connectivity index (χ2n) is 7.66. The van der Waals surface area contributed by atoms with Crippen molar-refractivity contribution in [1.82, 2.24) is 4.90 Å². The zero-order valence-corrected chi connectivity index (χ0v) is 15.2. The van der Waals surface area contributed by atoms with E-state index < -0.39 is 0 Å². The lowest BCUT2D eigenvalue weighted by atomic mass is 9.82. The third-order valence-electron chi connectivity index (χ3n) is 5.73. The van der Waals surface area contributed by atoms with E-state index in [-0.39, 0.29) is 17.5 Å². The molecule has 0 atom stereocenters. The van der Waals surface area contributed by atoms with Gasteiger partial charge < -0.3 is 14.7 Å². The first-order chi connectivity index (χ1) is 13.1. The van der Waals surface area contributed by atoms with Crippen LogP contribution in [0.2, 0.25) is 0 Å². The minimum atomic E-state index is -0.315. The molecule has 0 radical (unpaired) electrons. The summed E-state index contributed by atoms with van der Waals surface area (Å²) in [6, 6.07) is 11.5. The maximum atomic E-state index is 13.6. The van der Waals surface area contributed by atoms with Gasteiger partial charge in [0.25, 0.3) is 5.91 Å².